The van der Waals surface area contributed by atoms with Crippen molar-refractivity contribution in [2.24, 2.45) is 0 Å². The van der Waals surface area contributed by atoms with Crippen molar-refractivity contribution in [1.82, 2.24) is 0 Å². The predicted octanol–water partition coefficient (Wildman–Crippen LogP) is 1.75. The molecule has 4 nitrogen and oxygen atoms in total. The molecule has 0 aromatic heterocycles. The molecular formula is C10H12ClNO3. The van der Waals surface area contributed by atoms with Crippen molar-refractivity contribution in [3.05, 3.63) is 29.3 Å². The first kappa shape index (κ1) is 11.8. The molecule has 0 fully saturated rings. The molecule has 0 atom stereocenters. The standard InChI is InChI=1S/C10H11NO3.ClH/c12-10(13)7-2-1-3-9-8(7)6-14-5-4-11-9;/h1-3,11H,4-6H2,(H,12,13);1H. The summed E-state index contributed by atoms with van der Waals surface area (Å²) in [6, 6.07) is 5.20. The largest absolute Gasteiger partial charge is 0.478 e. The number of nitrogens with one attached hydrogen (secondary N) is 1. The highest BCUT2D eigenvalue weighted by atomic mass is 35.5. The average Bonchev–Trinajstić information content (AvgIpc) is 2.41. The van der Waals surface area contributed by atoms with E-state index >= 15 is 0 Å². The third-order valence-electron chi connectivity index (χ3n) is 2.21. The lowest BCUT2D eigenvalue weighted by Crippen LogP contribution is -2.06. The number of carboxylic acid groups (broad SMARTS) is 1. The molecule has 0 radical (unpaired) electrons. The van der Waals surface area contributed by atoms with Gasteiger partial charge in [-0.15, -0.1) is 12.4 Å². The number of ether oxygens (including phenoxy) is 1. The summed E-state index contributed by atoms with van der Waals surface area (Å²) < 4.78 is 5.29. The summed E-state index contributed by atoms with van der Waals surface area (Å²) >= 11 is 0. The Hall–Kier alpha value is -1.26. The van der Waals surface area contributed by atoms with E-state index in [1.54, 1.807) is 12.1 Å². The van der Waals surface area contributed by atoms with Crippen molar-refractivity contribution in [3.8, 4) is 0 Å². The summed E-state index contributed by atoms with van der Waals surface area (Å²) in [6.07, 6.45) is 0. The second-order valence-corrected chi connectivity index (χ2v) is 3.12. The minimum atomic E-state index is -0.908. The number of hydrogen-bond acceptors (Lipinski definition) is 3. The van der Waals surface area contributed by atoms with Gasteiger partial charge in [0.25, 0.3) is 0 Å². The zero-order chi connectivity index (χ0) is 9.97. The van der Waals surface area contributed by atoms with Crippen LogP contribution in [-0.2, 0) is 11.3 Å². The van der Waals surface area contributed by atoms with Crippen LogP contribution in [0.1, 0.15) is 15.9 Å². The molecule has 2 rings (SSSR count). The topological polar surface area (TPSA) is 58.6 Å². The van der Waals surface area contributed by atoms with Crippen molar-refractivity contribution in [2.75, 3.05) is 18.5 Å². The van der Waals surface area contributed by atoms with E-state index < -0.39 is 5.97 Å². The van der Waals surface area contributed by atoms with Crippen LogP contribution in [0.2, 0.25) is 0 Å². The number of hydrogen-bond donors (Lipinski definition) is 2. The molecule has 0 unspecified atom stereocenters. The monoisotopic (exact) mass is 229 g/mol. The Bertz CT molecular complexity index is 368. The zero-order valence-corrected chi connectivity index (χ0v) is 8.84. The molecule has 0 spiro atoms. The zero-order valence-electron chi connectivity index (χ0n) is 8.03. The van der Waals surface area contributed by atoms with E-state index in [2.05, 4.69) is 5.32 Å². The SMILES string of the molecule is Cl.O=C(O)c1cccc2c1COCCN2. The highest BCUT2D eigenvalue weighted by Crippen LogP contribution is 2.22. The van der Waals surface area contributed by atoms with Crippen LogP contribution in [0.15, 0.2) is 18.2 Å². The third kappa shape index (κ3) is 2.40. The van der Waals surface area contributed by atoms with Crippen LogP contribution in [0.5, 0.6) is 0 Å². The number of fused-ring (bicyclic) bond motifs is 1. The van der Waals surface area contributed by atoms with Gasteiger partial charge in [-0.25, -0.2) is 4.79 Å². The highest BCUT2D eigenvalue weighted by Gasteiger charge is 2.15. The van der Waals surface area contributed by atoms with Gasteiger partial charge in [-0.1, -0.05) is 6.07 Å². The Labute approximate surface area is 93.7 Å². The molecule has 0 amide bonds. The fraction of sp³-hybridized carbons (Fsp3) is 0.300. The molecule has 1 aliphatic rings. The van der Waals surface area contributed by atoms with Crippen LogP contribution in [0.3, 0.4) is 0 Å². The number of carbonyl (C=O) groups is 1. The number of rotatable bonds is 1. The van der Waals surface area contributed by atoms with Gasteiger partial charge in [0.2, 0.25) is 0 Å². The molecule has 1 aromatic rings. The Morgan fingerprint density at radius 2 is 2.27 bits per heavy atom. The smallest absolute Gasteiger partial charge is 0.336 e. The number of carboxylic acids is 1. The molecule has 15 heavy (non-hydrogen) atoms. The molecule has 1 aromatic carbocycles. The van der Waals surface area contributed by atoms with Crippen LogP contribution in [-0.4, -0.2) is 24.2 Å². The van der Waals surface area contributed by atoms with Crippen molar-refractivity contribution < 1.29 is 14.6 Å². The van der Waals surface area contributed by atoms with Crippen LogP contribution >= 0.6 is 12.4 Å². The molecule has 1 aliphatic heterocycles. The molecule has 0 bridgehead atoms. The van der Waals surface area contributed by atoms with Crippen LogP contribution in [0, 0.1) is 0 Å². The van der Waals surface area contributed by atoms with Gasteiger partial charge in [0.1, 0.15) is 0 Å². The van der Waals surface area contributed by atoms with Gasteiger partial charge in [0.05, 0.1) is 18.8 Å². The van der Waals surface area contributed by atoms with Crippen molar-refractivity contribution in [2.45, 2.75) is 6.61 Å². The van der Waals surface area contributed by atoms with E-state index in [1.807, 2.05) is 6.07 Å². The first-order chi connectivity index (χ1) is 6.79. The molecule has 0 saturated carbocycles. The average molecular weight is 230 g/mol. The van der Waals surface area contributed by atoms with Crippen LogP contribution in [0.25, 0.3) is 0 Å². The maximum atomic E-state index is 10.9. The van der Waals surface area contributed by atoms with E-state index in [4.69, 9.17) is 9.84 Å². The van der Waals surface area contributed by atoms with Crippen LogP contribution < -0.4 is 5.32 Å². The summed E-state index contributed by atoms with van der Waals surface area (Å²) in [7, 11) is 0. The van der Waals surface area contributed by atoms with E-state index in [0.29, 0.717) is 18.8 Å². The first-order valence-electron chi connectivity index (χ1n) is 4.46. The fourth-order valence-corrected chi connectivity index (χ4v) is 1.54. The van der Waals surface area contributed by atoms with Gasteiger partial charge < -0.3 is 15.2 Å². The minimum Gasteiger partial charge on any atom is -0.478 e. The van der Waals surface area contributed by atoms with Crippen molar-refractivity contribution in [3.63, 3.8) is 0 Å². The van der Waals surface area contributed by atoms with E-state index in [-0.39, 0.29) is 12.4 Å². The molecule has 0 saturated heterocycles. The fourth-order valence-electron chi connectivity index (χ4n) is 1.54. The lowest BCUT2D eigenvalue weighted by molar-refractivity contribution is 0.0689. The molecule has 5 heteroatoms. The quantitative estimate of drug-likeness (QED) is 0.770. The van der Waals surface area contributed by atoms with Crippen molar-refractivity contribution in [1.29, 1.82) is 0 Å². The lowest BCUT2D eigenvalue weighted by atomic mass is 10.1. The predicted molar refractivity (Wildman–Crippen MR) is 58.8 cm³/mol. The summed E-state index contributed by atoms with van der Waals surface area (Å²) in [5.41, 5.74) is 1.91. The van der Waals surface area contributed by atoms with Gasteiger partial charge in [-0.2, -0.15) is 0 Å². The number of benzene rings is 1. The Morgan fingerprint density at radius 1 is 1.47 bits per heavy atom. The summed E-state index contributed by atoms with van der Waals surface area (Å²) in [6.45, 7) is 1.69. The van der Waals surface area contributed by atoms with Gasteiger partial charge in [0.15, 0.2) is 0 Å². The Morgan fingerprint density at radius 3 is 3.00 bits per heavy atom. The van der Waals surface area contributed by atoms with E-state index in [9.17, 15) is 4.79 Å². The number of anilines is 1. The summed E-state index contributed by atoms with van der Waals surface area (Å²) in [4.78, 5) is 10.9. The van der Waals surface area contributed by atoms with Gasteiger partial charge in [-0.3, -0.25) is 0 Å². The van der Waals surface area contributed by atoms with E-state index in [1.165, 1.54) is 0 Å². The van der Waals surface area contributed by atoms with Crippen LogP contribution in [0.4, 0.5) is 5.69 Å². The number of halogens is 1. The second kappa shape index (κ2) is 5.00. The molecule has 0 aliphatic carbocycles. The highest BCUT2D eigenvalue weighted by molar-refractivity contribution is 5.91. The van der Waals surface area contributed by atoms with E-state index in [0.717, 1.165) is 17.8 Å². The third-order valence-corrected chi connectivity index (χ3v) is 2.21. The Balaban J connectivity index is 0.00000112. The normalized spacial score (nSPS) is 14.1. The lowest BCUT2D eigenvalue weighted by Gasteiger charge is -2.08. The second-order valence-electron chi connectivity index (χ2n) is 3.12. The Kier molecular flexibility index (Phi) is 3.94. The molecule has 82 valence electrons. The summed E-state index contributed by atoms with van der Waals surface area (Å²) in [5, 5.41) is 12.1. The number of aromatic carboxylic acids is 1. The first-order valence-corrected chi connectivity index (χ1v) is 4.46. The van der Waals surface area contributed by atoms with Crippen molar-refractivity contribution >= 4 is 24.1 Å². The maximum Gasteiger partial charge on any atom is 0.336 e. The minimum absolute atomic E-state index is 0. The molecule has 2 N–H and O–H groups in total. The molecular weight excluding hydrogens is 218 g/mol. The maximum absolute atomic E-state index is 10.9. The molecule has 1 heterocycles. The van der Waals surface area contributed by atoms with Gasteiger partial charge in [-0.05, 0) is 12.1 Å². The van der Waals surface area contributed by atoms with Gasteiger partial charge >= 0.3 is 5.97 Å². The summed E-state index contributed by atoms with van der Waals surface area (Å²) in [5.74, 6) is -0.908. The van der Waals surface area contributed by atoms with Gasteiger partial charge in [0, 0.05) is 17.8 Å².